The second-order valence-corrected chi connectivity index (χ2v) is 6.89. The van der Waals surface area contributed by atoms with Gasteiger partial charge < -0.3 is 5.73 Å². The summed E-state index contributed by atoms with van der Waals surface area (Å²) in [5, 5.41) is 10.5. The van der Waals surface area contributed by atoms with Gasteiger partial charge in [-0.1, -0.05) is 12.1 Å². The Morgan fingerprint density at radius 3 is 2.32 bits per heavy atom. The van der Waals surface area contributed by atoms with E-state index in [0.29, 0.717) is 12.8 Å². The minimum Gasteiger partial charge on any atom is -0.328 e. The molecule has 2 N–H and O–H groups in total. The van der Waals surface area contributed by atoms with E-state index in [-0.39, 0.29) is 23.2 Å². The fourth-order valence-corrected chi connectivity index (χ4v) is 3.01. The summed E-state index contributed by atoms with van der Waals surface area (Å²) in [6, 6.07) is 5.79. The Kier molecular flexibility index (Phi) is 5.44. The van der Waals surface area contributed by atoms with Crippen LogP contribution in [0.25, 0.3) is 0 Å². The summed E-state index contributed by atoms with van der Waals surface area (Å²) in [4.78, 5) is 9.99. The molecule has 1 rings (SSSR count). The van der Waals surface area contributed by atoms with Gasteiger partial charge in [-0.25, -0.2) is 8.42 Å². The largest absolute Gasteiger partial charge is 0.328 e. The number of non-ortho nitro benzene ring substituents is 1. The van der Waals surface area contributed by atoms with Crippen molar-refractivity contribution in [3.63, 3.8) is 0 Å². The summed E-state index contributed by atoms with van der Waals surface area (Å²) in [5.74, 6) is 0.120. The van der Waals surface area contributed by atoms with E-state index >= 15 is 0 Å². The summed E-state index contributed by atoms with van der Waals surface area (Å²) in [6.45, 7) is 1.77. The molecule has 19 heavy (non-hydrogen) atoms. The van der Waals surface area contributed by atoms with Gasteiger partial charge in [-0.3, -0.25) is 10.1 Å². The first-order valence-electron chi connectivity index (χ1n) is 5.99. The minimum absolute atomic E-state index is 0.00330. The number of rotatable bonds is 7. The van der Waals surface area contributed by atoms with E-state index in [0.717, 1.165) is 5.56 Å². The summed E-state index contributed by atoms with van der Waals surface area (Å²) in [5.41, 5.74) is 6.30. The molecule has 0 aliphatic heterocycles. The number of benzene rings is 1. The topological polar surface area (TPSA) is 103 Å². The van der Waals surface area contributed by atoms with E-state index in [4.69, 9.17) is 5.73 Å². The van der Waals surface area contributed by atoms with Gasteiger partial charge in [0.1, 0.15) is 0 Å². The molecule has 1 atom stereocenters. The van der Waals surface area contributed by atoms with Crippen LogP contribution >= 0.6 is 0 Å². The van der Waals surface area contributed by atoms with Crippen LogP contribution in [0.5, 0.6) is 0 Å². The molecule has 0 aliphatic carbocycles. The molecule has 0 amide bonds. The molecular formula is C12H18N2O4S. The molecule has 0 bridgehead atoms. The van der Waals surface area contributed by atoms with E-state index in [1.165, 1.54) is 12.1 Å². The molecule has 1 unspecified atom stereocenters. The third-order valence-electron chi connectivity index (χ3n) is 2.73. The molecule has 6 nitrogen and oxygen atoms in total. The van der Waals surface area contributed by atoms with Crippen molar-refractivity contribution in [1.82, 2.24) is 0 Å². The van der Waals surface area contributed by atoms with E-state index in [9.17, 15) is 18.5 Å². The van der Waals surface area contributed by atoms with E-state index in [1.54, 1.807) is 19.1 Å². The Balaban J connectivity index is 2.54. The lowest BCUT2D eigenvalue weighted by Gasteiger charge is -2.06. The quantitative estimate of drug-likeness (QED) is 0.601. The number of nitro benzene ring substituents is 1. The summed E-state index contributed by atoms with van der Waals surface area (Å²) < 4.78 is 23.4. The molecule has 0 fully saturated rings. The van der Waals surface area contributed by atoms with Crippen molar-refractivity contribution in [2.75, 3.05) is 11.5 Å². The lowest BCUT2D eigenvalue weighted by molar-refractivity contribution is -0.384. The van der Waals surface area contributed by atoms with Crippen molar-refractivity contribution in [1.29, 1.82) is 0 Å². The normalized spacial score (nSPS) is 13.2. The molecule has 0 heterocycles. The average Bonchev–Trinajstić information content (AvgIpc) is 2.35. The van der Waals surface area contributed by atoms with Gasteiger partial charge >= 0.3 is 0 Å². The molecule has 0 spiro atoms. The third kappa shape index (κ3) is 5.80. The predicted molar refractivity (Wildman–Crippen MR) is 73.7 cm³/mol. The number of nitro groups is 1. The number of nitrogens with zero attached hydrogens (tertiary/aromatic N) is 1. The van der Waals surface area contributed by atoms with Crippen molar-refractivity contribution in [2.45, 2.75) is 25.8 Å². The van der Waals surface area contributed by atoms with Gasteiger partial charge in [-0.2, -0.15) is 0 Å². The molecule has 0 aliphatic rings. The molecular weight excluding hydrogens is 268 g/mol. The summed E-state index contributed by atoms with van der Waals surface area (Å²) in [6.07, 6.45) is 0.807. The fourth-order valence-electron chi connectivity index (χ4n) is 1.53. The lowest BCUT2D eigenvalue weighted by Crippen LogP contribution is -2.22. The maximum atomic E-state index is 11.7. The van der Waals surface area contributed by atoms with Crippen molar-refractivity contribution in [3.8, 4) is 0 Å². The number of sulfone groups is 1. The van der Waals surface area contributed by atoms with Gasteiger partial charge in [-0.15, -0.1) is 0 Å². The van der Waals surface area contributed by atoms with Crippen LogP contribution in [-0.4, -0.2) is 30.9 Å². The van der Waals surface area contributed by atoms with Crippen LogP contribution in [0, 0.1) is 10.1 Å². The standard InChI is InChI=1S/C12H18N2O4S/c1-10(13)6-8-19(17,18)9-7-11-2-4-12(5-3-11)14(15)16/h2-5,10H,6-9,13H2,1H3. The zero-order valence-electron chi connectivity index (χ0n) is 10.8. The van der Waals surface area contributed by atoms with Crippen molar-refractivity contribution in [3.05, 3.63) is 39.9 Å². The fraction of sp³-hybridized carbons (Fsp3) is 0.500. The van der Waals surface area contributed by atoms with Crippen LogP contribution in [0.2, 0.25) is 0 Å². The Morgan fingerprint density at radius 2 is 1.84 bits per heavy atom. The number of nitrogens with two attached hydrogens (primary N) is 1. The molecule has 0 aromatic heterocycles. The SMILES string of the molecule is CC(N)CCS(=O)(=O)CCc1ccc([N+](=O)[O-])cc1. The Morgan fingerprint density at radius 1 is 1.26 bits per heavy atom. The highest BCUT2D eigenvalue weighted by Gasteiger charge is 2.12. The molecule has 1 aromatic rings. The molecule has 106 valence electrons. The summed E-state index contributed by atoms with van der Waals surface area (Å²) in [7, 11) is -3.12. The van der Waals surface area contributed by atoms with Gasteiger partial charge in [0.25, 0.3) is 5.69 Å². The number of hydrogen-bond donors (Lipinski definition) is 1. The monoisotopic (exact) mass is 286 g/mol. The minimum atomic E-state index is -3.12. The third-order valence-corrected chi connectivity index (χ3v) is 4.42. The van der Waals surface area contributed by atoms with Gasteiger partial charge in [-0.05, 0) is 25.3 Å². The first-order valence-corrected chi connectivity index (χ1v) is 7.81. The molecule has 0 saturated heterocycles. The van der Waals surface area contributed by atoms with Gasteiger partial charge in [0.15, 0.2) is 9.84 Å². The van der Waals surface area contributed by atoms with Gasteiger partial charge in [0.2, 0.25) is 0 Å². The van der Waals surface area contributed by atoms with Gasteiger partial charge in [0.05, 0.1) is 16.4 Å². The number of aryl methyl sites for hydroxylation is 1. The highest BCUT2D eigenvalue weighted by molar-refractivity contribution is 7.91. The smallest absolute Gasteiger partial charge is 0.269 e. The van der Waals surface area contributed by atoms with Crippen molar-refractivity contribution < 1.29 is 13.3 Å². The molecule has 0 radical (unpaired) electrons. The Hall–Kier alpha value is -1.47. The van der Waals surface area contributed by atoms with Crippen LogP contribution in [-0.2, 0) is 16.3 Å². The lowest BCUT2D eigenvalue weighted by atomic mass is 10.1. The highest BCUT2D eigenvalue weighted by Crippen LogP contribution is 2.13. The summed E-state index contributed by atoms with van der Waals surface area (Å²) >= 11 is 0. The van der Waals surface area contributed by atoms with Crippen LogP contribution in [0.4, 0.5) is 5.69 Å². The Labute approximate surface area is 112 Å². The second-order valence-electron chi connectivity index (χ2n) is 4.59. The average molecular weight is 286 g/mol. The van der Waals surface area contributed by atoms with Crippen molar-refractivity contribution in [2.24, 2.45) is 5.73 Å². The van der Waals surface area contributed by atoms with Crippen LogP contribution in [0.1, 0.15) is 18.9 Å². The van der Waals surface area contributed by atoms with E-state index in [2.05, 4.69) is 0 Å². The maximum Gasteiger partial charge on any atom is 0.269 e. The van der Waals surface area contributed by atoms with Crippen LogP contribution < -0.4 is 5.73 Å². The van der Waals surface area contributed by atoms with Crippen LogP contribution in [0.3, 0.4) is 0 Å². The second kappa shape index (κ2) is 6.63. The zero-order chi connectivity index (χ0) is 14.5. The van der Waals surface area contributed by atoms with E-state index in [1.807, 2.05) is 0 Å². The first kappa shape index (κ1) is 15.6. The number of hydrogen-bond acceptors (Lipinski definition) is 5. The van der Waals surface area contributed by atoms with Crippen molar-refractivity contribution >= 4 is 15.5 Å². The van der Waals surface area contributed by atoms with Crippen LogP contribution in [0.15, 0.2) is 24.3 Å². The maximum absolute atomic E-state index is 11.7. The molecule has 7 heteroatoms. The molecule has 0 saturated carbocycles. The predicted octanol–water partition coefficient (Wildman–Crippen LogP) is 1.29. The van der Waals surface area contributed by atoms with E-state index < -0.39 is 14.8 Å². The first-order chi connectivity index (χ1) is 8.80. The highest BCUT2D eigenvalue weighted by atomic mass is 32.2. The molecule has 1 aromatic carbocycles. The van der Waals surface area contributed by atoms with Gasteiger partial charge in [0, 0.05) is 18.2 Å². The Bertz CT molecular complexity index is 523. The zero-order valence-corrected chi connectivity index (χ0v) is 11.6.